The van der Waals surface area contributed by atoms with E-state index >= 15 is 0 Å². The lowest BCUT2D eigenvalue weighted by Gasteiger charge is -2.07. The number of ether oxygens (including phenoxy) is 2. The molecule has 0 bridgehead atoms. The van der Waals surface area contributed by atoms with E-state index in [1.807, 2.05) is 28.8 Å². The van der Waals surface area contributed by atoms with Crippen LogP contribution in [-0.4, -0.2) is 36.5 Å². The Hall–Kier alpha value is -1.59. The van der Waals surface area contributed by atoms with Crippen LogP contribution in [0.15, 0.2) is 24.3 Å². The van der Waals surface area contributed by atoms with E-state index in [0.717, 1.165) is 24.0 Å². The molecule has 2 rings (SSSR count). The number of hydrogen-bond acceptors (Lipinski definition) is 4. The fourth-order valence-electron chi connectivity index (χ4n) is 1.90. The lowest BCUT2D eigenvalue weighted by Crippen LogP contribution is -2.08. The van der Waals surface area contributed by atoms with Crippen molar-refractivity contribution in [3.8, 4) is 0 Å². The highest BCUT2D eigenvalue weighted by atomic mass is 16.5. The Morgan fingerprint density at radius 3 is 2.89 bits per heavy atom. The lowest BCUT2D eigenvalue weighted by atomic mass is 10.3. The van der Waals surface area contributed by atoms with Crippen molar-refractivity contribution in [3.63, 3.8) is 0 Å². The molecule has 0 spiro atoms. The lowest BCUT2D eigenvalue weighted by molar-refractivity contribution is 0.0682. The van der Waals surface area contributed by atoms with Crippen molar-refractivity contribution in [3.05, 3.63) is 24.3 Å². The standard InChI is InChI=1S/C13H19N3O2/c1-17-9-10-18-8-4-7-16-12-6-3-2-5-11(12)15-13(16)14/h2-3,5-6H,4,7-10H2,1H3,(H2,14,15). The van der Waals surface area contributed by atoms with Crippen molar-refractivity contribution in [2.75, 3.05) is 32.7 Å². The highest BCUT2D eigenvalue weighted by Gasteiger charge is 2.06. The fraction of sp³-hybridized carbons (Fsp3) is 0.462. The topological polar surface area (TPSA) is 62.3 Å². The Balaban J connectivity index is 1.89. The molecule has 5 nitrogen and oxygen atoms in total. The van der Waals surface area contributed by atoms with Crippen molar-refractivity contribution in [1.82, 2.24) is 9.55 Å². The summed E-state index contributed by atoms with van der Waals surface area (Å²) in [4.78, 5) is 4.32. The minimum absolute atomic E-state index is 0.563. The van der Waals surface area contributed by atoms with Crippen molar-refractivity contribution in [2.24, 2.45) is 0 Å². The van der Waals surface area contributed by atoms with E-state index in [9.17, 15) is 0 Å². The van der Waals surface area contributed by atoms with Crippen LogP contribution in [0, 0.1) is 0 Å². The van der Waals surface area contributed by atoms with Crippen LogP contribution in [0.3, 0.4) is 0 Å². The third-order valence-electron chi connectivity index (χ3n) is 2.79. The molecule has 0 atom stereocenters. The first-order valence-electron chi connectivity index (χ1n) is 6.10. The molecule has 18 heavy (non-hydrogen) atoms. The molecule has 5 heteroatoms. The van der Waals surface area contributed by atoms with Gasteiger partial charge in [-0.25, -0.2) is 4.98 Å². The molecule has 1 aromatic carbocycles. The van der Waals surface area contributed by atoms with Gasteiger partial charge in [-0.3, -0.25) is 0 Å². The molecule has 0 radical (unpaired) electrons. The van der Waals surface area contributed by atoms with Gasteiger partial charge >= 0.3 is 0 Å². The predicted molar refractivity (Wildman–Crippen MR) is 71.5 cm³/mol. The van der Waals surface area contributed by atoms with Crippen LogP contribution in [0.2, 0.25) is 0 Å². The van der Waals surface area contributed by atoms with Crippen LogP contribution in [-0.2, 0) is 16.0 Å². The molecule has 2 N–H and O–H groups in total. The maximum Gasteiger partial charge on any atom is 0.201 e. The highest BCUT2D eigenvalue weighted by Crippen LogP contribution is 2.17. The van der Waals surface area contributed by atoms with Gasteiger partial charge in [0.05, 0.1) is 24.2 Å². The van der Waals surface area contributed by atoms with Crippen LogP contribution in [0.1, 0.15) is 6.42 Å². The van der Waals surface area contributed by atoms with E-state index < -0.39 is 0 Å². The largest absolute Gasteiger partial charge is 0.382 e. The first-order valence-corrected chi connectivity index (χ1v) is 6.10. The summed E-state index contributed by atoms with van der Waals surface area (Å²) in [5, 5.41) is 0. The van der Waals surface area contributed by atoms with Crippen molar-refractivity contribution < 1.29 is 9.47 Å². The summed E-state index contributed by atoms with van der Waals surface area (Å²) in [5.41, 5.74) is 7.92. The maximum atomic E-state index is 5.91. The minimum atomic E-state index is 0.563. The number of aryl methyl sites for hydroxylation is 1. The number of hydrogen-bond donors (Lipinski definition) is 1. The molecular formula is C13H19N3O2. The summed E-state index contributed by atoms with van der Waals surface area (Å²) >= 11 is 0. The van der Waals surface area contributed by atoms with Crippen LogP contribution in [0.4, 0.5) is 5.95 Å². The highest BCUT2D eigenvalue weighted by molar-refractivity contribution is 5.78. The van der Waals surface area contributed by atoms with Gasteiger partial charge in [-0.2, -0.15) is 0 Å². The Morgan fingerprint density at radius 2 is 2.06 bits per heavy atom. The second-order valence-electron chi connectivity index (χ2n) is 4.07. The zero-order chi connectivity index (χ0) is 12.8. The number of rotatable bonds is 7. The Labute approximate surface area is 107 Å². The number of imidazole rings is 1. The monoisotopic (exact) mass is 249 g/mol. The SMILES string of the molecule is COCCOCCCn1c(N)nc2ccccc21. The Morgan fingerprint density at radius 1 is 1.22 bits per heavy atom. The molecule has 0 saturated carbocycles. The zero-order valence-electron chi connectivity index (χ0n) is 10.6. The van der Waals surface area contributed by atoms with Crippen LogP contribution in [0.5, 0.6) is 0 Å². The van der Waals surface area contributed by atoms with Gasteiger partial charge in [0.15, 0.2) is 0 Å². The van der Waals surface area contributed by atoms with Gasteiger partial charge in [-0.05, 0) is 18.6 Å². The summed E-state index contributed by atoms with van der Waals surface area (Å²) in [7, 11) is 1.67. The van der Waals surface area contributed by atoms with E-state index in [1.165, 1.54) is 0 Å². The molecule has 1 aromatic heterocycles. The summed E-state index contributed by atoms with van der Waals surface area (Å²) in [6, 6.07) is 7.96. The third kappa shape index (κ3) is 3.00. The second kappa shape index (κ2) is 6.37. The van der Waals surface area contributed by atoms with Crippen LogP contribution >= 0.6 is 0 Å². The number of nitrogen functional groups attached to an aromatic ring is 1. The van der Waals surface area contributed by atoms with Gasteiger partial charge in [-0.1, -0.05) is 12.1 Å². The Kier molecular flexibility index (Phi) is 4.55. The van der Waals surface area contributed by atoms with Gasteiger partial charge in [0, 0.05) is 20.3 Å². The van der Waals surface area contributed by atoms with Crippen LogP contribution < -0.4 is 5.73 Å². The average Bonchev–Trinajstić information content (AvgIpc) is 2.70. The molecule has 0 aliphatic rings. The molecule has 0 aliphatic heterocycles. The van der Waals surface area contributed by atoms with E-state index in [-0.39, 0.29) is 0 Å². The molecule has 0 fully saturated rings. The third-order valence-corrected chi connectivity index (χ3v) is 2.79. The fourth-order valence-corrected chi connectivity index (χ4v) is 1.90. The molecule has 0 aliphatic carbocycles. The normalized spacial score (nSPS) is 11.2. The summed E-state index contributed by atoms with van der Waals surface area (Å²) in [5.74, 6) is 0.563. The van der Waals surface area contributed by atoms with Gasteiger partial charge in [-0.15, -0.1) is 0 Å². The van der Waals surface area contributed by atoms with Gasteiger partial charge < -0.3 is 19.8 Å². The first-order chi connectivity index (χ1) is 8.83. The molecule has 98 valence electrons. The van der Waals surface area contributed by atoms with Gasteiger partial charge in [0.1, 0.15) is 0 Å². The smallest absolute Gasteiger partial charge is 0.201 e. The number of benzene rings is 1. The predicted octanol–water partition coefficient (Wildman–Crippen LogP) is 1.67. The van der Waals surface area contributed by atoms with E-state index in [4.69, 9.17) is 15.2 Å². The summed E-state index contributed by atoms with van der Waals surface area (Å²) < 4.78 is 12.4. The van der Waals surface area contributed by atoms with Gasteiger partial charge in [0.25, 0.3) is 0 Å². The zero-order valence-corrected chi connectivity index (χ0v) is 10.6. The van der Waals surface area contributed by atoms with E-state index in [0.29, 0.717) is 25.8 Å². The number of anilines is 1. The number of nitrogens with zero attached hydrogens (tertiary/aromatic N) is 2. The summed E-state index contributed by atoms with van der Waals surface area (Å²) in [6.07, 6.45) is 0.911. The molecule has 0 unspecified atom stereocenters. The average molecular weight is 249 g/mol. The second-order valence-corrected chi connectivity index (χ2v) is 4.07. The number of fused-ring (bicyclic) bond motifs is 1. The molecular weight excluding hydrogens is 230 g/mol. The van der Waals surface area contributed by atoms with Gasteiger partial charge in [0.2, 0.25) is 5.95 Å². The number of para-hydroxylation sites is 2. The number of methoxy groups -OCH3 is 1. The van der Waals surface area contributed by atoms with Crippen molar-refractivity contribution >= 4 is 17.0 Å². The van der Waals surface area contributed by atoms with E-state index in [2.05, 4.69) is 4.98 Å². The van der Waals surface area contributed by atoms with Crippen molar-refractivity contribution in [1.29, 1.82) is 0 Å². The molecule has 2 aromatic rings. The first kappa shape index (κ1) is 12.9. The maximum absolute atomic E-state index is 5.91. The van der Waals surface area contributed by atoms with Crippen LogP contribution in [0.25, 0.3) is 11.0 Å². The number of aromatic nitrogens is 2. The Bertz CT molecular complexity index is 496. The van der Waals surface area contributed by atoms with E-state index in [1.54, 1.807) is 7.11 Å². The molecule has 1 heterocycles. The minimum Gasteiger partial charge on any atom is -0.382 e. The number of nitrogens with two attached hydrogens (primary N) is 1. The molecule has 0 amide bonds. The molecule has 0 saturated heterocycles. The quantitative estimate of drug-likeness (QED) is 0.758. The van der Waals surface area contributed by atoms with Crippen molar-refractivity contribution in [2.45, 2.75) is 13.0 Å². The summed E-state index contributed by atoms with van der Waals surface area (Å²) in [6.45, 7) is 2.79.